The molecule has 10 heavy (non-hydrogen) atoms. The molecule has 1 N–H and O–H groups in total. The number of aliphatic hydroxyl groups excluding tert-OH is 1. The van der Waals surface area contributed by atoms with E-state index in [0.717, 1.165) is 25.7 Å². The maximum atomic E-state index is 9.41. The molecule has 1 aliphatic rings. The third-order valence-corrected chi connectivity index (χ3v) is 2.41. The second-order valence-corrected chi connectivity index (χ2v) is 3.29. The van der Waals surface area contributed by atoms with Crippen molar-refractivity contribution in [3.8, 4) is 6.07 Å². The van der Waals surface area contributed by atoms with Crippen LogP contribution < -0.4 is 0 Å². The molecule has 2 heteroatoms. The quantitative estimate of drug-likeness (QED) is 0.552. The Morgan fingerprint density at radius 1 is 1.60 bits per heavy atom. The van der Waals surface area contributed by atoms with Gasteiger partial charge in [0.2, 0.25) is 0 Å². The highest BCUT2D eigenvalue weighted by molar-refractivity contribution is 5.02. The van der Waals surface area contributed by atoms with Crippen molar-refractivity contribution < 1.29 is 5.11 Å². The highest BCUT2D eigenvalue weighted by atomic mass is 16.3. The molecule has 56 valence electrons. The normalized spacial score (nSPS) is 40.7. The molecule has 1 aliphatic carbocycles. The minimum Gasteiger partial charge on any atom is -0.391 e. The van der Waals surface area contributed by atoms with Crippen LogP contribution in [0, 0.1) is 16.7 Å². The van der Waals surface area contributed by atoms with E-state index < -0.39 is 11.5 Å². The molecule has 0 unspecified atom stereocenters. The summed E-state index contributed by atoms with van der Waals surface area (Å²) >= 11 is 0. The van der Waals surface area contributed by atoms with Crippen LogP contribution >= 0.6 is 0 Å². The minimum absolute atomic E-state index is 0.397. The summed E-state index contributed by atoms with van der Waals surface area (Å²) in [5.74, 6) is 0. The van der Waals surface area contributed by atoms with Crippen molar-refractivity contribution in [3.63, 3.8) is 0 Å². The first-order valence-electron chi connectivity index (χ1n) is 3.78. The Kier molecular flexibility index (Phi) is 1.96. The van der Waals surface area contributed by atoms with Gasteiger partial charge >= 0.3 is 0 Å². The topological polar surface area (TPSA) is 44.0 Å². The van der Waals surface area contributed by atoms with Crippen LogP contribution in [0.2, 0.25) is 0 Å². The number of hydrogen-bond acceptors (Lipinski definition) is 2. The molecular weight excluding hydrogens is 126 g/mol. The van der Waals surface area contributed by atoms with Gasteiger partial charge in [0.05, 0.1) is 17.6 Å². The smallest absolute Gasteiger partial charge is 0.0804 e. The number of hydrogen-bond donors (Lipinski definition) is 1. The highest BCUT2D eigenvalue weighted by Gasteiger charge is 2.35. The first kappa shape index (κ1) is 7.56. The molecule has 0 radical (unpaired) electrons. The number of rotatable bonds is 0. The average molecular weight is 139 g/mol. The molecule has 0 heterocycles. The van der Waals surface area contributed by atoms with Crippen molar-refractivity contribution in [2.24, 2.45) is 5.41 Å². The van der Waals surface area contributed by atoms with Gasteiger partial charge in [0.1, 0.15) is 0 Å². The maximum absolute atomic E-state index is 9.41. The zero-order chi connectivity index (χ0) is 7.61. The number of nitriles is 1. The van der Waals surface area contributed by atoms with Gasteiger partial charge in [-0.25, -0.2) is 0 Å². The van der Waals surface area contributed by atoms with Crippen LogP contribution in [0.3, 0.4) is 0 Å². The van der Waals surface area contributed by atoms with Crippen LogP contribution in [0.5, 0.6) is 0 Å². The predicted molar refractivity (Wildman–Crippen MR) is 38.2 cm³/mol. The minimum atomic E-state index is -0.460. The second kappa shape index (κ2) is 2.59. The molecular formula is C8H13NO. The Morgan fingerprint density at radius 3 is 2.70 bits per heavy atom. The van der Waals surface area contributed by atoms with Gasteiger partial charge in [-0.1, -0.05) is 12.8 Å². The summed E-state index contributed by atoms with van der Waals surface area (Å²) in [6.07, 6.45) is 3.40. The Bertz CT molecular complexity index is 161. The predicted octanol–water partition coefficient (Wildman–Crippen LogP) is 1.45. The zero-order valence-corrected chi connectivity index (χ0v) is 6.30. The highest BCUT2D eigenvalue weighted by Crippen LogP contribution is 2.34. The van der Waals surface area contributed by atoms with Gasteiger partial charge in [-0.3, -0.25) is 0 Å². The molecule has 0 aromatic rings. The van der Waals surface area contributed by atoms with Crippen LogP contribution in [-0.4, -0.2) is 11.2 Å². The molecule has 0 spiro atoms. The van der Waals surface area contributed by atoms with Crippen molar-refractivity contribution >= 4 is 0 Å². The third kappa shape index (κ3) is 1.15. The van der Waals surface area contributed by atoms with Gasteiger partial charge in [-0.05, 0) is 19.8 Å². The Labute approximate surface area is 61.5 Å². The summed E-state index contributed by atoms with van der Waals surface area (Å²) in [6.45, 7) is 1.84. The van der Waals surface area contributed by atoms with Crippen LogP contribution in [0.25, 0.3) is 0 Å². The van der Waals surface area contributed by atoms with E-state index in [2.05, 4.69) is 6.07 Å². The van der Waals surface area contributed by atoms with Gasteiger partial charge in [0, 0.05) is 0 Å². The summed E-state index contributed by atoms with van der Waals surface area (Å²) in [7, 11) is 0. The molecule has 0 aromatic carbocycles. The standard InChI is InChI=1S/C8H13NO/c1-8(6-9)5-3-2-4-7(8)10/h7,10H,2-5H2,1H3/t7-,8+/m0/s1. The average Bonchev–Trinajstić information content (AvgIpc) is 1.96. The molecule has 0 amide bonds. The number of nitrogens with zero attached hydrogens (tertiary/aromatic N) is 1. The van der Waals surface area contributed by atoms with Crippen LogP contribution in [-0.2, 0) is 0 Å². The lowest BCUT2D eigenvalue weighted by Crippen LogP contribution is -2.33. The first-order valence-corrected chi connectivity index (χ1v) is 3.78. The monoisotopic (exact) mass is 139 g/mol. The summed E-state index contributed by atoms with van der Waals surface area (Å²) < 4.78 is 0. The molecule has 2 atom stereocenters. The van der Waals surface area contributed by atoms with Crippen LogP contribution in [0.15, 0.2) is 0 Å². The van der Waals surface area contributed by atoms with E-state index >= 15 is 0 Å². The van der Waals surface area contributed by atoms with Gasteiger partial charge in [-0.2, -0.15) is 5.26 Å². The fourth-order valence-electron chi connectivity index (χ4n) is 1.45. The molecule has 1 rings (SSSR count). The summed E-state index contributed by atoms with van der Waals surface area (Å²) in [5, 5.41) is 18.1. The van der Waals surface area contributed by atoms with Gasteiger partial charge in [-0.15, -0.1) is 0 Å². The molecule has 0 aromatic heterocycles. The molecule has 1 saturated carbocycles. The van der Waals surface area contributed by atoms with Crippen molar-refractivity contribution in [1.29, 1.82) is 5.26 Å². The fraction of sp³-hybridized carbons (Fsp3) is 0.875. The Balaban J connectivity index is 2.65. The molecule has 1 fully saturated rings. The molecule has 0 bridgehead atoms. The van der Waals surface area contributed by atoms with E-state index in [1.807, 2.05) is 6.92 Å². The van der Waals surface area contributed by atoms with Crippen LogP contribution in [0.4, 0.5) is 0 Å². The van der Waals surface area contributed by atoms with Gasteiger partial charge in [0.15, 0.2) is 0 Å². The lowest BCUT2D eigenvalue weighted by molar-refractivity contribution is 0.0377. The van der Waals surface area contributed by atoms with E-state index in [1.165, 1.54) is 0 Å². The first-order chi connectivity index (χ1) is 4.69. The van der Waals surface area contributed by atoms with Crippen LogP contribution in [0.1, 0.15) is 32.6 Å². The van der Waals surface area contributed by atoms with E-state index in [4.69, 9.17) is 5.26 Å². The summed E-state index contributed by atoms with van der Waals surface area (Å²) in [6, 6.07) is 2.18. The Hall–Kier alpha value is -0.550. The largest absolute Gasteiger partial charge is 0.391 e. The van der Waals surface area contributed by atoms with E-state index in [9.17, 15) is 5.11 Å². The third-order valence-electron chi connectivity index (χ3n) is 2.41. The maximum Gasteiger partial charge on any atom is 0.0804 e. The SMILES string of the molecule is C[C@]1(C#N)CCCC[C@@H]1O. The van der Waals surface area contributed by atoms with E-state index in [1.54, 1.807) is 0 Å². The lowest BCUT2D eigenvalue weighted by atomic mass is 9.75. The van der Waals surface area contributed by atoms with Gasteiger partial charge in [0.25, 0.3) is 0 Å². The molecule has 2 nitrogen and oxygen atoms in total. The Morgan fingerprint density at radius 2 is 2.30 bits per heavy atom. The van der Waals surface area contributed by atoms with Gasteiger partial charge < -0.3 is 5.11 Å². The summed E-state index contributed by atoms with van der Waals surface area (Å²) in [5.41, 5.74) is -0.460. The zero-order valence-electron chi connectivity index (χ0n) is 6.30. The molecule has 0 aliphatic heterocycles. The van der Waals surface area contributed by atoms with E-state index in [-0.39, 0.29) is 0 Å². The summed E-state index contributed by atoms with van der Waals surface area (Å²) in [4.78, 5) is 0. The number of aliphatic hydroxyl groups is 1. The second-order valence-electron chi connectivity index (χ2n) is 3.29. The van der Waals surface area contributed by atoms with Crippen molar-refractivity contribution in [3.05, 3.63) is 0 Å². The molecule has 0 saturated heterocycles. The lowest BCUT2D eigenvalue weighted by Gasteiger charge is -2.31. The fourth-order valence-corrected chi connectivity index (χ4v) is 1.45. The van der Waals surface area contributed by atoms with Crippen molar-refractivity contribution in [2.45, 2.75) is 38.7 Å². The van der Waals surface area contributed by atoms with Crippen molar-refractivity contribution in [1.82, 2.24) is 0 Å². The van der Waals surface area contributed by atoms with E-state index in [0.29, 0.717) is 0 Å². The van der Waals surface area contributed by atoms with Crippen molar-refractivity contribution in [2.75, 3.05) is 0 Å².